The standard InChI is InChI=1S/C10H24N10O6/c1-6-10(7-24-18(21)15(3)11,8-25-19(22)16(4)12)9-26-20(23)17(5)14-13-2/h11-12,18-20H,2-9H2,1H3. The molecule has 16 heteroatoms. The number of hydrogen-bond donors (Lipinski definition) is 3. The summed E-state index contributed by atoms with van der Waals surface area (Å²) in [6.07, 6.45) is 0.235. The Labute approximate surface area is 149 Å². The summed E-state index contributed by atoms with van der Waals surface area (Å²) in [4.78, 5) is 15.8. The second-order valence-corrected chi connectivity index (χ2v) is 5.00. The molecule has 0 radical (unpaired) electrons. The van der Waals surface area contributed by atoms with Crippen molar-refractivity contribution in [2.24, 2.45) is 10.5 Å². The van der Waals surface area contributed by atoms with Gasteiger partial charge in [0.15, 0.2) is 13.4 Å². The summed E-state index contributed by atoms with van der Waals surface area (Å²) in [7, 11) is 0. The highest BCUT2D eigenvalue weighted by Crippen LogP contribution is 2.22. The van der Waals surface area contributed by atoms with E-state index in [9.17, 15) is 15.6 Å². The highest BCUT2D eigenvalue weighted by Gasteiger charge is 2.36. The van der Waals surface area contributed by atoms with Crippen LogP contribution < -0.4 is 16.0 Å². The van der Waals surface area contributed by atoms with Gasteiger partial charge in [-0.2, -0.15) is 9.94 Å². The fraction of sp³-hybridized carbons (Fsp3) is 0.600. The lowest BCUT2D eigenvalue weighted by Crippen LogP contribution is -3.11. The Kier molecular flexibility index (Phi) is 10.4. The highest BCUT2D eigenvalue weighted by atomic mass is 16.9. The van der Waals surface area contributed by atoms with Crippen molar-refractivity contribution in [2.45, 2.75) is 13.3 Å². The van der Waals surface area contributed by atoms with E-state index >= 15 is 0 Å². The van der Waals surface area contributed by atoms with E-state index in [4.69, 9.17) is 26.2 Å². The first-order valence-electron chi connectivity index (χ1n) is 7.00. The average Bonchev–Trinajstić information content (AvgIpc) is 2.60. The summed E-state index contributed by atoms with van der Waals surface area (Å²) >= 11 is 0. The van der Waals surface area contributed by atoms with Gasteiger partial charge in [-0.25, -0.2) is 5.53 Å². The maximum Gasteiger partial charge on any atom is 0.187 e. The Morgan fingerprint density at radius 2 is 1.35 bits per heavy atom. The fourth-order valence-corrected chi connectivity index (χ4v) is 1.42. The van der Waals surface area contributed by atoms with Crippen molar-refractivity contribution in [1.82, 2.24) is 0 Å². The summed E-state index contributed by atoms with van der Waals surface area (Å²) < 4.78 is 0. The lowest BCUT2D eigenvalue weighted by atomic mass is 9.88. The Bertz CT molecular complexity index is 481. The number of nitrogens with one attached hydrogen (secondary N) is 5. The molecule has 5 N–H and O–H groups in total. The molecule has 3 atom stereocenters. The zero-order valence-electron chi connectivity index (χ0n) is 14.3. The molecule has 150 valence electrons. The van der Waals surface area contributed by atoms with Gasteiger partial charge in [-0.05, 0) is 17.1 Å². The summed E-state index contributed by atoms with van der Waals surface area (Å²) in [5.74, 6) is 14.1. The normalized spacial score (nSPS) is 16.8. The average molecular weight is 380 g/mol. The molecule has 0 aromatic heterocycles. The number of quaternary nitrogens is 3. The number of hydrogen-bond acceptors (Lipinski definition) is 7. The van der Waals surface area contributed by atoms with Crippen LogP contribution in [0.15, 0.2) is 5.10 Å². The molecular formula is C10H24N10O6. The Hall–Kier alpha value is -2.28. The van der Waals surface area contributed by atoms with Crippen molar-refractivity contribution < 1.29 is 44.9 Å². The molecule has 26 heavy (non-hydrogen) atoms. The predicted molar refractivity (Wildman–Crippen MR) is 87.3 cm³/mol. The Morgan fingerprint density at radius 3 is 1.65 bits per heavy atom. The fourth-order valence-electron chi connectivity index (χ4n) is 1.42. The van der Waals surface area contributed by atoms with Crippen LogP contribution in [-0.2, 0) is 14.5 Å². The van der Waals surface area contributed by atoms with Gasteiger partial charge in [0, 0.05) is 0 Å². The van der Waals surface area contributed by atoms with Gasteiger partial charge >= 0.3 is 0 Å². The first kappa shape index (κ1) is 23.7. The maximum absolute atomic E-state index is 11.7. The minimum Gasteiger partial charge on any atom is -0.559 e. The highest BCUT2D eigenvalue weighted by molar-refractivity contribution is 5.24. The summed E-state index contributed by atoms with van der Waals surface area (Å²) in [6.45, 7) is 13.0. The molecule has 0 aromatic rings. The smallest absolute Gasteiger partial charge is 0.187 e. The maximum atomic E-state index is 11.7. The molecule has 0 amide bonds. The van der Waals surface area contributed by atoms with Gasteiger partial charge in [0.2, 0.25) is 0 Å². The van der Waals surface area contributed by atoms with Gasteiger partial charge in [0.05, 0.1) is 18.9 Å². The number of nitrogens with zero attached hydrogens (tertiary/aromatic N) is 5. The van der Waals surface area contributed by atoms with Crippen LogP contribution in [0.5, 0.6) is 0 Å². The van der Waals surface area contributed by atoms with E-state index in [-0.39, 0.29) is 35.8 Å². The van der Waals surface area contributed by atoms with Crippen molar-refractivity contribution in [2.75, 3.05) is 19.8 Å². The molecule has 0 heterocycles. The number of rotatable bonds is 15. The van der Waals surface area contributed by atoms with Gasteiger partial charge in [0.25, 0.3) is 0 Å². The van der Waals surface area contributed by atoms with E-state index in [1.54, 1.807) is 6.92 Å². The van der Waals surface area contributed by atoms with E-state index in [2.05, 4.69) is 37.5 Å². The van der Waals surface area contributed by atoms with Gasteiger partial charge in [-0.15, -0.1) is 14.5 Å². The lowest BCUT2D eigenvalue weighted by Gasteiger charge is -2.32. The van der Waals surface area contributed by atoms with Gasteiger partial charge in [0.1, 0.15) is 19.8 Å². The predicted octanol–water partition coefficient (Wildman–Crippen LogP) is -3.95. The van der Waals surface area contributed by atoms with Crippen molar-refractivity contribution in [1.29, 1.82) is 0 Å². The van der Waals surface area contributed by atoms with Crippen molar-refractivity contribution >= 4 is 26.9 Å². The summed E-state index contributed by atoms with van der Waals surface area (Å²) in [5.41, 5.74) is 2.10. The summed E-state index contributed by atoms with van der Waals surface area (Å²) in [5, 5.41) is 34.6. The van der Waals surface area contributed by atoms with Crippen molar-refractivity contribution in [3.8, 4) is 0 Å². The third kappa shape index (κ3) is 8.20. The van der Waals surface area contributed by atoms with E-state index in [0.29, 0.717) is 4.79 Å². The molecule has 0 aliphatic rings. The third-order valence-corrected chi connectivity index (χ3v) is 3.08. The van der Waals surface area contributed by atoms with E-state index in [1.165, 1.54) is 0 Å². The molecule has 0 fully saturated rings. The van der Waals surface area contributed by atoms with Crippen LogP contribution in [0.3, 0.4) is 0 Å². The van der Waals surface area contributed by atoms with Crippen LogP contribution in [-0.4, -0.2) is 61.1 Å². The quantitative estimate of drug-likeness (QED) is 0.147. The second kappa shape index (κ2) is 11.4. The summed E-state index contributed by atoms with van der Waals surface area (Å²) in [6, 6.07) is 0. The minimum atomic E-state index is -1.16. The topological polar surface area (TPSA) is 193 Å². The monoisotopic (exact) mass is 380 g/mol. The molecule has 0 saturated heterocycles. The molecule has 0 rings (SSSR count). The SMILES string of the molecule is C=N[N-][N+](=C)[NH+]([O-])OCC(CC)(CO[NH+]([O-])[N+](=C)[NH-])CO[NH+]([O-])[N+](=C)[NH-]. The second-order valence-electron chi connectivity index (χ2n) is 5.00. The Morgan fingerprint density at radius 1 is 0.962 bits per heavy atom. The zero-order chi connectivity index (χ0) is 20.3. The van der Waals surface area contributed by atoms with E-state index in [1.807, 2.05) is 0 Å². The van der Waals surface area contributed by atoms with Gasteiger partial charge in [-0.3, -0.25) is 0 Å². The van der Waals surface area contributed by atoms with Gasteiger partial charge in [-0.1, -0.05) is 21.8 Å². The lowest BCUT2D eigenvalue weighted by molar-refractivity contribution is -1.40. The molecule has 0 saturated carbocycles. The van der Waals surface area contributed by atoms with Crippen LogP contribution in [0.25, 0.3) is 17.2 Å². The first-order chi connectivity index (χ1) is 12.1. The van der Waals surface area contributed by atoms with Crippen LogP contribution >= 0.6 is 0 Å². The van der Waals surface area contributed by atoms with Crippen LogP contribution in [0.1, 0.15) is 13.3 Å². The minimum absolute atomic E-state index is 0.215. The molecule has 16 nitrogen and oxygen atoms in total. The van der Waals surface area contributed by atoms with E-state index in [0.717, 1.165) is 0 Å². The molecule has 0 aliphatic carbocycles. The van der Waals surface area contributed by atoms with Gasteiger partial charge < -0.3 is 27.3 Å². The molecule has 0 aliphatic heterocycles. The van der Waals surface area contributed by atoms with Crippen LogP contribution in [0.4, 0.5) is 0 Å². The zero-order valence-corrected chi connectivity index (χ0v) is 14.3. The third-order valence-electron chi connectivity index (χ3n) is 3.08. The molecule has 0 spiro atoms. The molecule has 0 bridgehead atoms. The molecule has 3 unspecified atom stereocenters. The largest absolute Gasteiger partial charge is 0.559 e. The van der Waals surface area contributed by atoms with E-state index < -0.39 is 21.4 Å². The van der Waals surface area contributed by atoms with Crippen molar-refractivity contribution in [3.63, 3.8) is 0 Å². The Balaban J connectivity index is 5.08. The first-order valence-corrected chi connectivity index (χ1v) is 7.00. The van der Waals surface area contributed by atoms with Crippen LogP contribution in [0, 0.1) is 21.0 Å². The molecular weight excluding hydrogens is 356 g/mol. The van der Waals surface area contributed by atoms with Crippen LogP contribution in [0.2, 0.25) is 0 Å². The van der Waals surface area contributed by atoms with Crippen molar-refractivity contribution in [3.05, 3.63) is 32.8 Å². The molecule has 0 aromatic carbocycles.